The van der Waals surface area contributed by atoms with Crippen LogP contribution >= 0.6 is 11.8 Å². The Morgan fingerprint density at radius 2 is 1.64 bits per heavy atom. The number of hydrogen-bond donors (Lipinski definition) is 1. The van der Waals surface area contributed by atoms with E-state index in [9.17, 15) is 14.4 Å². The number of carbonyl (C=O) groups is 3. The highest BCUT2D eigenvalue weighted by Crippen LogP contribution is 2.23. The first-order chi connectivity index (χ1) is 16.0. The minimum absolute atomic E-state index is 0.279. The maximum Gasteiger partial charge on any atom is 0.337 e. The Labute approximate surface area is 202 Å². The zero-order valence-corrected chi connectivity index (χ0v) is 21.5. The molecule has 1 N–H and O–H groups in total. The van der Waals surface area contributed by atoms with Crippen LogP contribution in [0.5, 0.6) is 0 Å². The molecule has 180 valence electrons. The first kappa shape index (κ1) is 29.9. The molecule has 2 rings (SSSR count). The topological polar surface area (TPSA) is 75.7 Å². The van der Waals surface area contributed by atoms with E-state index < -0.39 is 0 Å². The first-order valence-electron chi connectivity index (χ1n) is 11.0. The molecular weight excluding hydrogens is 436 g/mol. The highest BCUT2D eigenvalue weighted by atomic mass is 32.2. The lowest BCUT2D eigenvalue weighted by molar-refractivity contribution is -0.116. The van der Waals surface area contributed by atoms with Gasteiger partial charge in [0.1, 0.15) is 0 Å². The number of carbonyl (C=O) groups excluding carboxylic acids is 3. The summed E-state index contributed by atoms with van der Waals surface area (Å²) in [6.45, 7) is 8.65. The predicted molar refractivity (Wildman–Crippen MR) is 139 cm³/mol. The van der Waals surface area contributed by atoms with Gasteiger partial charge >= 0.3 is 5.97 Å². The van der Waals surface area contributed by atoms with Gasteiger partial charge in [0.15, 0.2) is 5.62 Å². The van der Waals surface area contributed by atoms with Crippen LogP contribution in [0, 0.1) is 0 Å². The number of nitrogens with zero attached hydrogens (tertiary/aromatic N) is 1. The molecule has 0 radical (unpaired) electrons. The maximum atomic E-state index is 11.9. The summed E-state index contributed by atoms with van der Waals surface area (Å²) >= 11 is 0.868. The van der Waals surface area contributed by atoms with Crippen LogP contribution in [0.1, 0.15) is 49.2 Å². The minimum atomic E-state index is -0.359. The highest BCUT2D eigenvalue weighted by molar-refractivity contribution is 8.16. The molecule has 0 aromatic heterocycles. The number of allylic oxidation sites excluding steroid dienone is 1. The van der Waals surface area contributed by atoms with Crippen molar-refractivity contribution in [2.75, 3.05) is 26.1 Å². The number of anilines is 1. The Morgan fingerprint density at radius 3 is 2.18 bits per heavy atom. The van der Waals surface area contributed by atoms with Gasteiger partial charge in [0, 0.05) is 26.3 Å². The van der Waals surface area contributed by atoms with Crippen LogP contribution in [0.4, 0.5) is 5.69 Å². The number of benzene rings is 2. The normalized spacial score (nSPS) is 9.97. The Balaban J connectivity index is 0.00000242. The largest absolute Gasteiger partial charge is 0.465 e. The van der Waals surface area contributed by atoms with E-state index in [1.807, 2.05) is 71.1 Å². The fraction of sp³-hybridized carbons (Fsp3) is 0.346. The van der Waals surface area contributed by atoms with E-state index in [0.29, 0.717) is 29.1 Å². The average molecular weight is 473 g/mol. The van der Waals surface area contributed by atoms with Crippen molar-refractivity contribution in [3.05, 3.63) is 76.2 Å². The van der Waals surface area contributed by atoms with Crippen molar-refractivity contribution in [3.63, 3.8) is 0 Å². The van der Waals surface area contributed by atoms with E-state index in [0.717, 1.165) is 28.6 Å². The summed E-state index contributed by atoms with van der Waals surface area (Å²) in [5.74, 6) is -0.638. The molecule has 0 saturated carbocycles. The van der Waals surface area contributed by atoms with Crippen molar-refractivity contribution < 1.29 is 19.1 Å². The van der Waals surface area contributed by atoms with Crippen molar-refractivity contribution in [1.29, 1.82) is 0 Å². The predicted octanol–water partition coefficient (Wildman–Crippen LogP) is 5.26. The van der Waals surface area contributed by atoms with E-state index in [4.69, 9.17) is 4.74 Å². The summed E-state index contributed by atoms with van der Waals surface area (Å²) in [5.41, 5.74) is 4.27. The van der Waals surface area contributed by atoms with E-state index >= 15 is 0 Å². The van der Waals surface area contributed by atoms with Gasteiger partial charge in [0.2, 0.25) is 0 Å². The second-order valence-corrected chi connectivity index (χ2v) is 7.11. The summed E-state index contributed by atoms with van der Waals surface area (Å²) in [5, 5.41) is 2.54. The molecule has 2 aromatic rings. The summed E-state index contributed by atoms with van der Waals surface area (Å²) < 4.78 is 4.72. The van der Waals surface area contributed by atoms with Gasteiger partial charge in [-0.2, -0.15) is 0 Å². The van der Waals surface area contributed by atoms with Crippen LogP contribution < -0.4 is 10.2 Å². The SMILES string of the molecule is CC.CC.CNC(=O)/C(=C/Cc1ccccc1N(C)Cc1ccc(C(=O)OC)cc1)SC=O. The Bertz CT molecular complexity index is 895. The van der Waals surface area contributed by atoms with Crippen LogP contribution in [0.2, 0.25) is 0 Å². The van der Waals surface area contributed by atoms with Crippen LogP contribution in [-0.4, -0.2) is 38.7 Å². The number of likely N-dealkylation sites (N-methyl/N-ethyl adjacent to an activating group) is 1. The number of nitrogens with one attached hydrogen (secondary N) is 1. The number of esters is 1. The molecular formula is C26H36N2O4S. The van der Waals surface area contributed by atoms with E-state index in [2.05, 4.69) is 10.2 Å². The molecule has 2 aromatic carbocycles. The van der Waals surface area contributed by atoms with Gasteiger partial charge in [-0.1, -0.05) is 64.1 Å². The molecule has 6 nitrogen and oxygen atoms in total. The van der Waals surface area contributed by atoms with Crippen molar-refractivity contribution in [2.45, 2.75) is 40.7 Å². The fourth-order valence-corrected chi connectivity index (χ4v) is 3.34. The maximum absolute atomic E-state index is 11.9. The molecule has 0 fully saturated rings. The Kier molecular flexibility index (Phi) is 15.9. The first-order valence-corrected chi connectivity index (χ1v) is 11.9. The second kappa shape index (κ2) is 17.5. The minimum Gasteiger partial charge on any atom is -0.465 e. The fourth-order valence-electron chi connectivity index (χ4n) is 2.85. The molecule has 0 heterocycles. The number of ether oxygens (including phenoxy) is 1. The number of thioether (sulfide) groups is 1. The van der Waals surface area contributed by atoms with Gasteiger partial charge in [0.05, 0.1) is 17.6 Å². The molecule has 7 heteroatoms. The quantitative estimate of drug-likeness (QED) is 0.305. The van der Waals surface area contributed by atoms with E-state index in [1.165, 1.54) is 14.2 Å². The number of hydrogen-bond acceptors (Lipinski definition) is 6. The lowest BCUT2D eigenvalue weighted by Crippen LogP contribution is -2.19. The van der Waals surface area contributed by atoms with E-state index in [1.54, 1.807) is 18.2 Å². The van der Waals surface area contributed by atoms with E-state index in [-0.39, 0.29) is 11.9 Å². The van der Waals surface area contributed by atoms with Gasteiger partial charge in [0.25, 0.3) is 5.91 Å². The van der Waals surface area contributed by atoms with Crippen LogP contribution in [0.15, 0.2) is 59.5 Å². The van der Waals surface area contributed by atoms with Gasteiger partial charge in [-0.25, -0.2) is 4.79 Å². The molecule has 0 atom stereocenters. The molecule has 0 bridgehead atoms. The molecule has 0 saturated heterocycles. The van der Waals surface area contributed by atoms with Crippen LogP contribution in [-0.2, 0) is 27.3 Å². The second-order valence-electron chi connectivity index (χ2n) is 6.24. The van der Waals surface area contributed by atoms with Crippen molar-refractivity contribution in [1.82, 2.24) is 5.32 Å². The van der Waals surface area contributed by atoms with Gasteiger partial charge < -0.3 is 15.0 Å². The molecule has 0 aliphatic heterocycles. The molecule has 33 heavy (non-hydrogen) atoms. The molecule has 0 aliphatic rings. The summed E-state index contributed by atoms with van der Waals surface area (Å²) in [6, 6.07) is 15.2. The standard InChI is InChI=1S/C22H24N2O4S.2C2H6/c1-23-21(26)20(29-15-25)13-12-17-6-4-5-7-19(17)24(2)14-16-8-10-18(11-9-16)22(27)28-3;2*1-2/h4-11,13,15H,12,14H2,1-3H3,(H,23,26);2*1-2H3/b20-13-;;. The highest BCUT2D eigenvalue weighted by Gasteiger charge is 2.11. The summed E-state index contributed by atoms with van der Waals surface area (Å²) in [7, 11) is 4.88. The number of methoxy groups -OCH3 is 1. The van der Waals surface area contributed by atoms with Crippen molar-refractivity contribution >= 4 is 34.9 Å². The van der Waals surface area contributed by atoms with Crippen molar-refractivity contribution in [2.24, 2.45) is 0 Å². The zero-order chi connectivity index (χ0) is 25.2. The lowest BCUT2D eigenvalue weighted by Gasteiger charge is -2.22. The van der Waals surface area contributed by atoms with Gasteiger partial charge in [-0.05, 0) is 47.5 Å². The van der Waals surface area contributed by atoms with Crippen molar-refractivity contribution in [3.8, 4) is 0 Å². The molecule has 0 spiro atoms. The number of amides is 1. The average Bonchev–Trinajstić information content (AvgIpc) is 2.88. The lowest BCUT2D eigenvalue weighted by atomic mass is 10.1. The monoisotopic (exact) mass is 472 g/mol. The van der Waals surface area contributed by atoms with Gasteiger partial charge in [-0.15, -0.1) is 0 Å². The van der Waals surface area contributed by atoms with Crippen LogP contribution in [0.25, 0.3) is 0 Å². The van der Waals surface area contributed by atoms with Crippen LogP contribution in [0.3, 0.4) is 0 Å². The molecule has 0 aliphatic carbocycles. The smallest absolute Gasteiger partial charge is 0.337 e. The number of para-hydroxylation sites is 1. The number of rotatable bonds is 9. The van der Waals surface area contributed by atoms with Gasteiger partial charge in [-0.3, -0.25) is 9.59 Å². The Hall–Kier alpha value is -3.06. The summed E-state index contributed by atoms with van der Waals surface area (Å²) in [6.07, 6.45) is 2.28. The summed E-state index contributed by atoms with van der Waals surface area (Å²) in [4.78, 5) is 36.7. The third-order valence-corrected chi connectivity index (χ3v) is 5.03. The third-order valence-electron chi connectivity index (χ3n) is 4.33. The Morgan fingerprint density at radius 1 is 1.03 bits per heavy atom. The third kappa shape index (κ3) is 9.95. The zero-order valence-electron chi connectivity index (χ0n) is 20.7. The molecule has 0 unspecified atom stereocenters. The molecule has 1 amide bonds.